The van der Waals surface area contributed by atoms with Crippen molar-refractivity contribution < 1.29 is 24.0 Å². The fourth-order valence-corrected chi connectivity index (χ4v) is 4.21. The molecule has 0 amide bonds. The van der Waals surface area contributed by atoms with Gasteiger partial charge < -0.3 is 14.8 Å². The van der Waals surface area contributed by atoms with Gasteiger partial charge in [0.15, 0.2) is 0 Å². The van der Waals surface area contributed by atoms with Crippen LogP contribution in [0.15, 0.2) is 77.1 Å². The summed E-state index contributed by atoms with van der Waals surface area (Å²) in [4.78, 5) is 37.6. The molecule has 1 heterocycles. The molecule has 192 valence electrons. The SMILES string of the molecule is CCCC1=C(C(=O)OCc2ccccc2)C(c2ccc([N+](=O)[O-])cc2)C(C(=O)OCCC#N)=C(CC)N1. The third kappa shape index (κ3) is 6.61. The summed E-state index contributed by atoms with van der Waals surface area (Å²) in [6, 6.07) is 16.9. The number of hydrogen-bond donors (Lipinski definition) is 1. The lowest BCUT2D eigenvalue weighted by Gasteiger charge is -2.32. The molecule has 0 saturated heterocycles. The quantitative estimate of drug-likeness (QED) is 0.192. The van der Waals surface area contributed by atoms with Crippen LogP contribution >= 0.6 is 0 Å². The number of benzene rings is 2. The Labute approximate surface area is 215 Å². The normalized spacial score (nSPS) is 15.0. The molecule has 1 aliphatic heterocycles. The summed E-state index contributed by atoms with van der Waals surface area (Å²) < 4.78 is 11.1. The third-order valence-corrected chi connectivity index (χ3v) is 5.92. The van der Waals surface area contributed by atoms with Gasteiger partial charge in [0.1, 0.15) is 13.2 Å². The molecule has 2 aromatic rings. The molecule has 37 heavy (non-hydrogen) atoms. The molecule has 1 atom stereocenters. The number of non-ortho nitro benzene ring substituents is 1. The van der Waals surface area contributed by atoms with E-state index in [9.17, 15) is 19.7 Å². The van der Waals surface area contributed by atoms with Crippen molar-refractivity contribution in [1.29, 1.82) is 5.26 Å². The number of nitro benzene ring substituents is 1. The van der Waals surface area contributed by atoms with E-state index in [0.29, 0.717) is 29.8 Å². The van der Waals surface area contributed by atoms with Crippen molar-refractivity contribution in [3.05, 3.63) is 98.4 Å². The monoisotopic (exact) mass is 503 g/mol. The van der Waals surface area contributed by atoms with Crippen LogP contribution in [0.25, 0.3) is 0 Å². The van der Waals surface area contributed by atoms with E-state index in [1.54, 1.807) is 0 Å². The van der Waals surface area contributed by atoms with Gasteiger partial charge in [0.2, 0.25) is 0 Å². The molecule has 0 fully saturated rings. The number of rotatable bonds is 11. The first-order valence-corrected chi connectivity index (χ1v) is 12.1. The van der Waals surface area contributed by atoms with Crippen LogP contribution in [-0.4, -0.2) is 23.5 Å². The van der Waals surface area contributed by atoms with Gasteiger partial charge in [-0.3, -0.25) is 10.1 Å². The molecule has 0 saturated carbocycles. The van der Waals surface area contributed by atoms with Crippen LogP contribution in [0.3, 0.4) is 0 Å². The molecule has 0 aromatic heterocycles. The summed E-state index contributed by atoms with van der Waals surface area (Å²) in [5.74, 6) is -2.12. The second kappa shape index (κ2) is 13.0. The summed E-state index contributed by atoms with van der Waals surface area (Å²) >= 11 is 0. The van der Waals surface area contributed by atoms with Gasteiger partial charge in [0.25, 0.3) is 5.69 Å². The van der Waals surface area contributed by atoms with Crippen molar-refractivity contribution >= 4 is 17.6 Å². The minimum absolute atomic E-state index is 0.0268. The summed E-state index contributed by atoms with van der Waals surface area (Å²) in [5, 5.41) is 23.4. The molecule has 0 aliphatic carbocycles. The first-order valence-electron chi connectivity index (χ1n) is 12.1. The Kier molecular flexibility index (Phi) is 9.55. The number of dihydropyridines is 1. The Hall–Kier alpha value is -4.45. The van der Waals surface area contributed by atoms with Crippen LogP contribution in [0.4, 0.5) is 5.69 Å². The first kappa shape index (κ1) is 27.1. The summed E-state index contributed by atoms with van der Waals surface area (Å²) in [5.41, 5.74) is 2.93. The maximum atomic E-state index is 13.6. The van der Waals surface area contributed by atoms with Gasteiger partial charge in [-0.05, 0) is 24.0 Å². The predicted molar refractivity (Wildman–Crippen MR) is 136 cm³/mol. The number of allylic oxidation sites excluding steroid dienone is 2. The lowest BCUT2D eigenvalue weighted by Crippen LogP contribution is -2.34. The van der Waals surface area contributed by atoms with Gasteiger partial charge in [-0.1, -0.05) is 62.7 Å². The van der Waals surface area contributed by atoms with E-state index < -0.39 is 22.8 Å². The number of carbonyl (C=O) groups is 2. The average molecular weight is 504 g/mol. The zero-order chi connectivity index (χ0) is 26.8. The van der Waals surface area contributed by atoms with E-state index in [4.69, 9.17) is 14.7 Å². The minimum atomic E-state index is -0.864. The molecule has 9 nitrogen and oxygen atoms in total. The van der Waals surface area contributed by atoms with Crippen LogP contribution in [0, 0.1) is 21.4 Å². The van der Waals surface area contributed by atoms with Gasteiger partial charge in [0.05, 0.1) is 34.5 Å². The van der Waals surface area contributed by atoms with Gasteiger partial charge in [0, 0.05) is 23.5 Å². The Morgan fingerprint density at radius 3 is 2.24 bits per heavy atom. The Morgan fingerprint density at radius 2 is 1.65 bits per heavy atom. The van der Waals surface area contributed by atoms with Crippen molar-refractivity contribution in [3.8, 4) is 6.07 Å². The number of ether oxygens (including phenoxy) is 2. The Balaban J connectivity index is 2.11. The van der Waals surface area contributed by atoms with Crippen molar-refractivity contribution in [2.24, 2.45) is 0 Å². The van der Waals surface area contributed by atoms with Crippen molar-refractivity contribution in [1.82, 2.24) is 5.32 Å². The highest BCUT2D eigenvalue weighted by Crippen LogP contribution is 2.41. The molecular weight excluding hydrogens is 474 g/mol. The van der Waals surface area contributed by atoms with Crippen LogP contribution < -0.4 is 5.32 Å². The molecular formula is C28H29N3O6. The third-order valence-electron chi connectivity index (χ3n) is 5.92. The molecule has 2 aromatic carbocycles. The summed E-state index contributed by atoms with van der Waals surface area (Å²) in [7, 11) is 0. The highest BCUT2D eigenvalue weighted by molar-refractivity contribution is 6.00. The zero-order valence-corrected chi connectivity index (χ0v) is 20.9. The zero-order valence-electron chi connectivity index (χ0n) is 20.9. The van der Waals surface area contributed by atoms with Crippen molar-refractivity contribution in [2.75, 3.05) is 6.61 Å². The van der Waals surface area contributed by atoms with Gasteiger partial charge in [-0.15, -0.1) is 0 Å². The second-order valence-corrected chi connectivity index (χ2v) is 8.40. The van der Waals surface area contributed by atoms with E-state index >= 15 is 0 Å². The van der Waals surface area contributed by atoms with Crippen molar-refractivity contribution in [2.45, 2.75) is 52.1 Å². The smallest absolute Gasteiger partial charge is 0.337 e. The highest BCUT2D eigenvalue weighted by atomic mass is 16.6. The number of nitriles is 1. The van der Waals surface area contributed by atoms with E-state index in [-0.39, 0.29) is 36.5 Å². The predicted octanol–water partition coefficient (Wildman–Crippen LogP) is 5.20. The number of hydrogen-bond acceptors (Lipinski definition) is 8. The average Bonchev–Trinajstić information content (AvgIpc) is 2.91. The molecule has 3 rings (SSSR count). The minimum Gasteiger partial charge on any atom is -0.461 e. The van der Waals surface area contributed by atoms with Crippen LogP contribution in [-0.2, 0) is 25.7 Å². The molecule has 1 N–H and O–H groups in total. The number of esters is 2. The molecule has 1 unspecified atom stereocenters. The topological polar surface area (TPSA) is 132 Å². The summed E-state index contributed by atoms with van der Waals surface area (Å²) in [6.45, 7) is 3.80. The maximum absolute atomic E-state index is 13.6. The number of carbonyl (C=O) groups excluding carboxylic acids is 2. The van der Waals surface area contributed by atoms with E-state index in [0.717, 1.165) is 12.0 Å². The molecule has 0 spiro atoms. The molecule has 0 radical (unpaired) electrons. The van der Waals surface area contributed by atoms with Gasteiger partial charge in [-0.25, -0.2) is 9.59 Å². The standard InChI is InChI=1S/C28H29N3O6/c1-3-9-23-26(28(33)37-18-19-10-6-5-7-11-19)24(20-12-14-21(15-13-20)31(34)35)25(22(4-2)30-23)27(32)36-17-8-16-29/h5-7,10-15,24,30H,3-4,8-9,17-18H2,1-2H3. The fourth-order valence-electron chi connectivity index (χ4n) is 4.21. The molecule has 9 heteroatoms. The van der Waals surface area contributed by atoms with Gasteiger partial charge in [-0.2, -0.15) is 5.26 Å². The number of nitrogens with one attached hydrogen (secondary N) is 1. The van der Waals surface area contributed by atoms with Crippen molar-refractivity contribution in [3.63, 3.8) is 0 Å². The summed E-state index contributed by atoms with van der Waals surface area (Å²) in [6.07, 6.45) is 1.73. The maximum Gasteiger partial charge on any atom is 0.337 e. The molecule has 0 bridgehead atoms. The van der Waals surface area contributed by atoms with E-state index in [1.807, 2.05) is 50.2 Å². The largest absolute Gasteiger partial charge is 0.461 e. The van der Waals surface area contributed by atoms with Crippen LogP contribution in [0.1, 0.15) is 56.6 Å². The van der Waals surface area contributed by atoms with Gasteiger partial charge >= 0.3 is 11.9 Å². The lowest BCUT2D eigenvalue weighted by atomic mass is 9.79. The fraction of sp³-hybridized carbons (Fsp3) is 0.321. The number of nitro groups is 1. The van der Waals surface area contributed by atoms with Crippen LogP contribution in [0.5, 0.6) is 0 Å². The first-order chi connectivity index (χ1) is 17.9. The Bertz CT molecular complexity index is 1240. The van der Waals surface area contributed by atoms with E-state index in [1.165, 1.54) is 24.3 Å². The van der Waals surface area contributed by atoms with Crippen LogP contribution in [0.2, 0.25) is 0 Å². The molecule has 1 aliphatic rings. The number of nitrogens with zero attached hydrogens (tertiary/aromatic N) is 2. The highest BCUT2D eigenvalue weighted by Gasteiger charge is 2.39. The second-order valence-electron chi connectivity index (χ2n) is 8.40. The Morgan fingerprint density at radius 1 is 1.00 bits per heavy atom. The lowest BCUT2D eigenvalue weighted by molar-refractivity contribution is -0.384. The van der Waals surface area contributed by atoms with E-state index in [2.05, 4.69) is 5.32 Å².